The Labute approximate surface area is 276 Å². The van der Waals surface area contributed by atoms with Crippen molar-refractivity contribution in [2.45, 2.75) is 78.1 Å². The highest BCUT2D eigenvalue weighted by Crippen LogP contribution is 2.37. The standard InChI is InChI=1S/C46H48/c1-3-5-7-9-15-35-21-25-37(26-22-35)29-31-39-33-45-44-20-14-12-18-42(44)40(34-46(45)43-19-13-11-17-41(39)43)32-30-38-27-23-36(24-28-38)16-10-8-6-4-2/h11-14,17-34H,3-10,15-16H2,1-2H3/b31-29+,32-30+. The van der Waals surface area contributed by atoms with Crippen molar-refractivity contribution in [2.24, 2.45) is 0 Å². The van der Waals surface area contributed by atoms with Crippen LogP contribution in [0.2, 0.25) is 0 Å². The molecule has 0 aliphatic rings. The second-order valence-corrected chi connectivity index (χ2v) is 12.9. The maximum Gasteiger partial charge on any atom is -0.00926 e. The fourth-order valence-electron chi connectivity index (χ4n) is 6.76. The van der Waals surface area contributed by atoms with Crippen molar-refractivity contribution >= 4 is 56.6 Å². The van der Waals surface area contributed by atoms with Gasteiger partial charge >= 0.3 is 0 Å². The molecule has 0 saturated carbocycles. The van der Waals surface area contributed by atoms with Gasteiger partial charge in [0.05, 0.1) is 0 Å². The lowest BCUT2D eigenvalue weighted by Crippen LogP contribution is -1.88. The van der Waals surface area contributed by atoms with Gasteiger partial charge in [0.25, 0.3) is 0 Å². The van der Waals surface area contributed by atoms with Crippen LogP contribution in [0.4, 0.5) is 0 Å². The van der Waals surface area contributed by atoms with Crippen molar-refractivity contribution in [3.8, 4) is 0 Å². The first-order chi connectivity index (χ1) is 22.7. The van der Waals surface area contributed by atoms with Crippen LogP contribution in [-0.4, -0.2) is 0 Å². The van der Waals surface area contributed by atoms with E-state index in [2.05, 4.69) is 147 Å². The molecule has 0 unspecified atom stereocenters. The molecule has 0 aromatic heterocycles. The first-order valence-electron chi connectivity index (χ1n) is 17.6. The van der Waals surface area contributed by atoms with Crippen LogP contribution in [0.25, 0.3) is 56.6 Å². The van der Waals surface area contributed by atoms with Gasteiger partial charge in [-0.15, -0.1) is 0 Å². The molecule has 0 spiro atoms. The maximum absolute atomic E-state index is 2.39. The summed E-state index contributed by atoms with van der Waals surface area (Å²) >= 11 is 0. The minimum Gasteiger partial charge on any atom is -0.0654 e. The van der Waals surface area contributed by atoms with Gasteiger partial charge in [-0.3, -0.25) is 0 Å². The smallest absolute Gasteiger partial charge is 0.00926 e. The topological polar surface area (TPSA) is 0 Å². The van der Waals surface area contributed by atoms with Crippen LogP contribution in [0.1, 0.15) is 98.6 Å². The second kappa shape index (κ2) is 15.7. The Balaban J connectivity index is 1.31. The van der Waals surface area contributed by atoms with Gasteiger partial charge in [0.1, 0.15) is 0 Å². The van der Waals surface area contributed by atoms with Gasteiger partial charge in [0.2, 0.25) is 0 Å². The maximum atomic E-state index is 2.39. The van der Waals surface area contributed by atoms with E-state index in [0.717, 1.165) is 0 Å². The highest BCUT2D eigenvalue weighted by Gasteiger charge is 2.11. The van der Waals surface area contributed by atoms with Crippen LogP contribution < -0.4 is 0 Å². The normalized spacial score (nSPS) is 12.0. The van der Waals surface area contributed by atoms with Crippen molar-refractivity contribution in [1.29, 1.82) is 0 Å². The summed E-state index contributed by atoms with van der Waals surface area (Å²) in [6, 6.07) is 40.8. The van der Waals surface area contributed by atoms with E-state index in [9.17, 15) is 0 Å². The van der Waals surface area contributed by atoms with Crippen molar-refractivity contribution in [3.63, 3.8) is 0 Å². The second-order valence-electron chi connectivity index (χ2n) is 12.9. The lowest BCUT2D eigenvalue weighted by Gasteiger charge is -2.13. The fraction of sp³-hybridized carbons (Fsp3) is 0.261. The van der Waals surface area contributed by atoms with E-state index in [1.807, 2.05) is 0 Å². The molecule has 6 aromatic rings. The molecule has 0 nitrogen and oxygen atoms in total. The van der Waals surface area contributed by atoms with E-state index in [1.54, 1.807) is 0 Å². The summed E-state index contributed by atoms with van der Waals surface area (Å²) in [7, 11) is 0. The molecule has 0 saturated heterocycles. The molecular weight excluding hydrogens is 553 g/mol. The summed E-state index contributed by atoms with van der Waals surface area (Å²) in [4.78, 5) is 0. The number of hydrogen-bond acceptors (Lipinski definition) is 0. The Morgan fingerprint density at radius 2 is 0.761 bits per heavy atom. The van der Waals surface area contributed by atoms with Crippen LogP contribution >= 0.6 is 0 Å². The zero-order chi connectivity index (χ0) is 31.6. The van der Waals surface area contributed by atoms with Crippen molar-refractivity contribution < 1.29 is 0 Å². The highest BCUT2D eigenvalue weighted by atomic mass is 14.1. The molecule has 0 amide bonds. The first-order valence-corrected chi connectivity index (χ1v) is 17.6. The summed E-state index contributed by atoms with van der Waals surface area (Å²) in [6.07, 6.45) is 21.9. The molecule has 6 rings (SSSR count). The van der Waals surface area contributed by atoms with Crippen LogP contribution in [0, 0.1) is 0 Å². The molecular formula is C46H48. The van der Waals surface area contributed by atoms with Gasteiger partial charge in [0.15, 0.2) is 0 Å². The Kier molecular flexibility index (Phi) is 10.8. The molecule has 0 aliphatic carbocycles. The number of fused-ring (bicyclic) bond motifs is 5. The SMILES string of the molecule is CCCCCCc1ccc(/C=C/c2cc3c4ccccc4c(/C=C/c4ccc(CCCCCC)cc4)cc3c3ccccc23)cc1. The molecule has 0 heteroatoms. The summed E-state index contributed by atoms with van der Waals surface area (Å²) in [6.45, 7) is 4.54. The first kappa shape index (κ1) is 31.6. The van der Waals surface area contributed by atoms with Crippen LogP contribution in [0.3, 0.4) is 0 Å². The van der Waals surface area contributed by atoms with Crippen molar-refractivity contribution in [2.75, 3.05) is 0 Å². The third kappa shape index (κ3) is 7.68. The molecule has 0 aliphatic heterocycles. The molecule has 0 N–H and O–H groups in total. The lowest BCUT2D eigenvalue weighted by atomic mass is 9.90. The number of aryl methyl sites for hydroxylation is 2. The molecule has 0 fully saturated rings. The number of benzene rings is 6. The molecule has 0 bridgehead atoms. The number of rotatable bonds is 14. The van der Waals surface area contributed by atoms with Crippen LogP contribution in [0.15, 0.2) is 109 Å². The van der Waals surface area contributed by atoms with E-state index in [0.29, 0.717) is 0 Å². The average Bonchev–Trinajstić information content (AvgIpc) is 3.11. The zero-order valence-electron chi connectivity index (χ0n) is 27.8. The fourth-order valence-corrected chi connectivity index (χ4v) is 6.76. The molecule has 46 heavy (non-hydrogen) atoms. The largest absolute Gasteiger partial charge is 0.0654 e. The van der Waals surface area contributed by atoms with E-state index in [4.69, 9.17) is 0 Å². The van der Waals surface area contributed by atoms with Crippen LogP contribution in [-0.2, 0) is 12.8 Å². The lowest BCUT2D eigenvalue weighted by molar-refractivity contribution is 0.667. The molecule has 0 atom stereocenters. The minimum atomic E-state index is 1.18. The van der Waals surface area contributed by atoms with E-state index >= 15 is 0 Å². The van der Waals surface area contributed by atoms with Gasteiger partial charge < -0.3 is 0 Å². The van der Waals surface area contributed by atoms with Crippen LogP contribution in [0.5, 0.6) is 0 Å². The van der Waals surface area contributed by atoms with Gasteiger partial charge in [-0.25, -0.2) is 0 Å². The zero-order valence-corrected chi connectivity index (χ0v) is 27.8. The van der Waals surface area contributed by atoms with E-state index in [-0.39, 0.29) is 0 Å². The van der Waals surface area contributed by atoms with Gasteiger partial charge in [-0.1, -0.05) is 174 Å². The van der Waals surface area contributed by atoms with Gasteiger partial charge in [-0.2, -0.15) is 0 Å². The summed E-state index contributed by atoms with van der Waals surface area (Å²) < 4.78 is 0. The van der Waals surface area contributed by atoms with Gasteiger partial charge in [0, 0.05) is 0 Å². The Morgan fingerprint density at radius 3 is 1.15 bits per heavy atom. The average molecular weight is 601 g/mol. The highest BCUT2D eigenvalue weighted by molar-refractivity contribution is 6.21. The summed E-state index contributed by atoms with van der Waals surface area (Å²) in [5, 5.41) is 7.80. The number of unbranched alkanes of at least 4 members (excludes halogenated alkanes) is 6. The van der Waals surface area contributed by atoms with Gasteiger partial charge in [-0.05, 0) is 104 Å². The minimum absolute atomic E-state index is 1.18. The van der Waals surface area contributed by atoms with Crippen molar-refractivity contribution in [3.05, 3.63) is 143 Å². The number of hydrogen-bond donors (Lipinski definition) is 0. The van der Waals surface area contributed by atoms with E-state index in [1.165, 1.54) is 130 Å². The predicted molar refractivity (Wildman–Crippen MR) is 205 cm³/mol. The predicted octanol–water partition coefficient (Wildman–Crippen LogP) is 13.7. The Hall–Kier alpha value is -4.42. The monoisotopic (exact) mass is 600 g/mol. The molecule has 0 radical (unpaired) electrons. The summed E-state index contributed by atoms with van der Waals surface area (Å²) in [5.74, 6) is 0. The summed E-state index contributed by atoms with van der Waals surface area (Å²) in [5.41, 5.74) is 7.89. The molecule has 232 valence electrons. The van der Waals surface area contributed by atoms with Crippen molar-refractivity contribution in [1.82, 2.24) is 0 Å². The quantitative estimate of drug-likeness (QED) is 0.0663. The Bertz CT molecular complexity index is 1790. The third-order valence-electron chi connectivity index (χ3n) is 9.45. The van der Waals surface area contributed by atoms with E-state index < -0.39 is 0 Å². The Morgan fingerprint density at radius 1 is 0.370 bits per heavy atom. The third-order valence-corrected chi connectivity index (χ3v) is 9.45. The molecule has 6 aromatic carbocycles. The molecule has 0 heterocycles.